The van der Waals surface area contributed by atoms with Crippen LogP contribution in [0.15, 0.2) is 24.3 Å². The Morgan fingerprint density at radius 3 is 2.41 bits per heavy atom. The molecule has 0 amide bonds. The first-order valence-corrected chi connectivity index (χ1v) is 5.38. The standard InChI is InChI=1S/C12H15NO4/c1-9(2)7-11(14)8-17-12-5-3-10(4-6-12)13(15)16/h3-6,9H,7-8H2,1-2H3. The molecule has 5 nitrogen and oxygen atoms in total. The molecule has 0 fully saturated rings. The monoisotopic (exact) mass is 237 g/mol. The van der Waals surface area contributed by atoms with Gasteiger partial charge in [0, 0.05) is 18.6 Å². The maximum Gasteiger partial charge on any atom is 0.269 e. The van der Waals surface area contributed by atoms with E-state index in [9.17, 15) is 14.9 Å². The van der Waals surface area contributed by atoms with Crippen LogP contribution < -0.4 is 4.74 Å². The number of hydrogen-bond acceptors (Lipinski definition) is 4. The molecule has 0 spiro atoms. The fraction of sp³-hybridized carbons (Fsp3) is 0.417. The van der Waals surface area contributed by atoms with E-state index in [0.29, 0.717) is 18.1 Å². The summed E-state index contributed by atoms with van der Waals surface area (Å²) in [6.07, 6.45) is 0.479. The first kappa shape index (κ1) is 13.2. The zero-order valence-corrected chi connectivity index (χ0v) is 9.88. The molecular formula is C12H15NO4. The second kappa shape index (κ2) is 5.98. The van der Waals surface area contributed by atoms with Gasteiger partial charge in [-0.15, -0.1) is 0 Å². The maximum atomic E-state index is 11.4. The summed E-state index contributed by atoms with van der Waals surface area (Å²) in [6, 6.07) is 5.67. The highest BCUT2D eigenvalue weighted by molar-refractivity contribution is 5.80. The molecule has 0 aliphatic carbocycles. The van der Waals surface area contributed by atoms with Gasteiger partial charge in [-0.25, -0.2) is 0 Å². The molecule has 0 saturated heterocycles. The van der Waals surface area contributed by atoms with Crippen LogP contribution in [-0.4, -0.2) is 17.3 Å². The van der Waals surface area contributed by atoms with Crippen molar-refractivity contribution in [2.45, 2.75) is 20.3 Å². The van der Waals surface area contributed by atoms with Crippen molar-refractivity contribution in [3.8, 4) is 5.75 Å². The van der Waals surface area contributed by atoms with Crippen LogP contribution in [-0.2, 0) is 4.79 Å². The van der Waals surface area contributed by atoms with Crippen molar-refractivity contribution in [2.24, 2.45) is 5.92 Å². The molecule has 0 aromatic heterocycles. The summed E-state index contributed by atoms with van der Waals surface area (Å²) in [7, 11) is 0. The molecule has 0 aliphatic heterocycles. The van der Waals surface area contributed by atoms with Gasteiger partial charge >= 0.3 is 0 Å². The maximum absolute atomic E-state index is 11.4. The van der Waals surface area contributed by atoms with Crippen LogP contribution in [0.4, 0.5) is 5.69 Å². The Labute approximate surface area is 99.5 Å². The summed E-state index contributed by atoms with van der Waals surface area (Å²) in [5, 5.41) is 10.4. The highest BCUT2D eigenvalue weighted by Gasteiger charge is 2.07. The van der Waals surface area contributed by atoms with Gasteiger partial charge in [0.05, 0.1) is 4.92 Å². The summed E-state index contributed by atoms with van der Waals surface area (Å²) in [6.45, 7) is 3.93. The van der Waals surface area contributed by atoms with E-state index in [2.05, 4.69) is 0 Å². The molecule has 1 aromatic carbocycles. The number of carbonyl (C=O) groups is 1. The van der Waals surface area contributed by atoms with Crippen molar-refractivity contribution in [2.75, 3.05) is 6.61 Å². The molecule has 0 N–H and O–H groups in total. The Balaban J connectivity index is 2.47. The van der Waals surface area contributed by atoms with Crippen LogP contribution in [0.3, 0.4) is 0 Å². The van der Waals surface area contributed by atoms with E-state index < -0.39 is 4.92 Å². The minimum atomic E-state index is -0.478. The van der Waals surface area contributed by atoms with Crippen molar-refractivity contribution in [3.63, 3.8) is 0 Å². The average molecular weight is 237 g/mol. The first-order chi connectivity index (χ1) is 7.99. The smallest absolute Gasteiger partial charge is 0.269 e. The fourth-order valence-electron chi connectivity index (χ4n) is 1.34. The lowest BCUT2D eigenvalue weighted by molar-refractivity contribution is -0.384. The van der Waals surface area contributed by atoms with Gasteiger partial charge in [-0.1, -0.05) is 13.8 Å². The third-order valence-electron chi connectivity index (χ3n) is 2.08. The molecule has 0 aliphatic rings. The fourth-order valence-corrected chi connectivity index (χ4v) is 1.34. The van der Waals surface area contributed by atoms with Crippen molar-refractivity contribution < 1.29 is 14.5 Å². The lowest BCUT2D eigenvalue weighted by atomic mass is 10.1. The van der Waals surface area contributed by atoms with E-state index in [-0.39, 0.29) is 18.1 Å². The number of ether oxygens (including phenoxy) is 1. The van der Waals surface area contributed by atoms with E-state index in [1.54, 1.807) is 0 Å². The van der Waals surface area contributed by atoms with E-state index >= 15 is 0 Å². The third kappa shape index (κ3) is 4.63. The minimum Gasteiger partial charge on any atom is -0.486 e. The summed E-state index contributed by atoms with van der Waals surface area (Å²) >= 11 is 0. The first-order valence-electron chi connectivity index (χ1n) is 5.38. The number of rotatable bonds is 6. The van der Waals surface area contributed by atoms with Crippen LogP contribution in [0.2, 0.25) is 0 Å². The van der Waals surface area contributed by atoms with Crippen molar-refractivity contribution in [1.29, 1.82) is 0 Å². The largest absolute Gasteiger partial charge is 0.486 e. The van der Waals surface area contributed by atoms with Gasteiger partial charge < -0.3 is 4.74 Å². The number of non-ortho nitro benzene ring substituents is 1. The van der Waals surface area contributed by atoms with Gasteiger partial charge in [-0.3, -0.25) is 14.9 Å². The number of benzene rings is 1. The summed E-state index contributed by atoms with van der Waals surface area (Å²) in [4.78, 5) is 21.3. The Morgan fingerprint density at radius 2 is 1.94 bits per heavy atom. The van der Waals surface area contributed by atoms with Gasteiger partial charge in [-0.05, 0) is 18.1 Å². The van der Waals surface area contributed by atoms with Crippen molar-refractivity contribution in [3.05, 3.63) is 34.4 Å². The molecular weight excluding hydrogens is 222 g/mol. The van der Waals surface area contributed by atoms with Crippen LogP contribution >= 0.6 is 0 Å². The molecule has 1 rings (SSSR count). The second-order valence-electron chi connectivity index (χ2n) is 4.18. The Bertz CT molecular complexity index is 397. The number of nitro groups is 1. The van der Waals surface area contributed by atoms with Crippen LogP contribution in [0, 0.1) is 16.0 Å². The predicted octanol–water partition coefficient (Wildman–Crippen LogP) is 2.59. The summed E-state index contributed by atoms with van der Waals surface area (Å²) < 4.78 is 5.23. The third-order valence-corrected chi connectivity index (χ3v) is 2.08. The Kier molecular flexibility index (Phi) is 4.63. The molecule has 0 saturated carbocycles. The molecule has 5 heteroatoms. The van der Waals surface area contributed by atoms with E-state index in [1.165, 1.54) is 24.3 Å². The summed E-state index contributed by atoms with van der Waals surface area (Å²) in [5.74, 6) is 0.800. The Morgan fingerprint density at radius 1 is 1.35 bits per heavy atom. The lowest BCUT2D eigenvalue weighted by Crippen LogP contribution is -2.13. The normalized spacial score (nSPS) is 10.3. The molecule has 1 aromatic rings. The topological polar surface area (TPSA) is 69.4 Å². The number of nitro benzene ring substituents is 1. The van der Waals surface area contributed by atoms with Gasteiger partial charge in [-0.2, -0.15) is 0 Å². The SMILES string of the molecule is CC(C)CC(=O)COc1ccc([N+](=O)[O-])cc1. The average Bonchev–Trinajstić information content (AvgIpc) is 2.26. The van der Waals surface area contributed by atoms with Crippen LogP contribution in [0.25, 0.3) is 0 Å². The van der Waals surface area contributed by atoms with Gasteiger partial charge in [0.25, 0.3) is 5.69 Å². The number of carbonyl (C=O) groups excluding carboxylic acids is 1. The van der Waals surface area contributed by atoms with Gasteiger partial charge in [0.1, 0.15) is 12.4 Å². The molecule has 0 radical (unpaired) electrons. The lowest BCUT2D eigenvalue weighted by Gasteiger charge is -2.06. The number of hydrogen-bond donors (Lipinski definition) is 0. The highest BCUT2D eigenvalue weighted by Crippen LogP contribution is 2.17. The molecule has 0 unspecified atom stereocenters. The highest BCUT2D eigenvalue weighted by atomic mass is 16.6. The number of nitrogens with zero attached hydrogens (tertiary/aromatic N) is 1. The zero-order chi connectivity index (χ0) is 12.8. The molecule has 0 atom stereocenters. The molecule has 17 heavy (non-hydrogen) atoms. The zero-order valence-electron chi connectivity index (χ0n) is 9.88. The van der Waals surface area contributed by atoms with Crippen LogP contribution in [0.1, 0.15) is 20.3 Å². The van der Waals surface area contributed by atoms with Gasteiger partial charge in [0.2, 0.25) is 0 Å². The minimum absolute atomic E-state index is 0.00542. The second-order valence-corrected chi connectivity index (χ2v) is 4.18. The van der Waals surface area contributed by atoms with E-state index in [1.807, 2.05) is 13.8 Å². The quantitative estimate of drug-likeness (QED) is 0.563. The summed E-state index contributed by atoms with van der Waals surface area (Å²) in [5.41, 5.74) is 0.00542. The molecule has 92 valence electrons. The molecule has 0 heterocycles. The van der Waals surface area contributed by atoms with Crippen molar-refractivity contribution >= 4 is 11.5 Å². The number of ketones is 1. The van der Waals surface area contributed by atoms with E-state index in [4.69, 9.17) is 4.74 Å². The van der Waals surface area contributed by atoms with Crippen molar-refractivity contribution in [1.82, 2.24) is 0 Å². The predicted molar refractivity (Wildman–Crippen MR) is 63.1 cm³/mol. The Hall–Kier alpha value is -1.91. The van der Waals surface area contributed by atoms with E-state index in [0.717, 1.165) is 0 Å². The van der Waals surface area contributed by atoms with Gasteiger partial charge in [0.15, 0.2) is 5.78 Å². The number of Topliss-reactive ketones (excluding diaryl/α,β-unsaturated/α-hetero) is 1. The van der Waals surface area contributed by atoms with Crippen LogP contribution in [0.5, 0.6) is 5.75 Å². The molecule has 0 bridgehead atoms.